The fraction of sp³-hybridized carbons (Fsp3) is 0.455. The fourth-order valence-electron chi connectivity index (χ4n) is 1.13. The van der Waals surface area contributed by atoms with Crippen molar-refractivity contribution in [2.24, 2.45) is 0 Å². The van der Waals surface area contributed by atoms with Crippen LogP contribution in [0.25, 0.3) is 0 Å². The second-order valence-corrected chi connectivity index (χ2v) is 3.05. The zero-order chi connectivity index (χ0) is 9.68. The zero-order valence-electron chi connectivity index (χ0n) is 8.10. The van der Waals surface area contributed by atoms with Gasteiger partial charge in [0, 0.05) is 0 Å². The highest BCUT2D eigenvalue weighted by molar-refractivity contribution is 5.16. The highest BCUT2D eigenvalue weighted by Gasteiger charge is 2.09. The van der Waals surface area contributed by atoms with E-state index in [2.05, 4.69) is 0 Å². The minimum atomic E-state index is -0.657. The second kappa shape index (κ2) is 5.00. The van der Waals surface area contributed by atoms with Gasteiger partial charge in [-0.2, -0.15) is 0 Å². The van der Waals surface area contributed by atoms with Crippen LogP contribution >= 0.6 is 0 Å². The van der Waals surface area contributed by atoms with E-state index in [4.69, 9.17) is 4.74 Å². The lowest BCUT2D eigenvalue weighted by Gasteiger charge is -2.16. The Morgan fingerprint density at radius 2 is 1.92 bits per heavy atom. The van der Waals surface area contributed by atoms with Crippen molar-refractivity contribution < 1.29 is 9.84 Å². The van der Waals surface area contributed by atoms with E-state index in [1.54, 1.807) is 0 Å². The molecule has 0 spiro atoms. The molecule has 0 fully saturated rings. The Balaban J connectivity index is 2.53. The van der Waals surface area contributed by atoms with Crippen LogP contribution in [0.4, 0.5) is 0 Å². The van der Waals surface area contributed by atoms with Gasteiger partial charge < -0.3 is 9.84 Å². The molecule has 72 valence electrons. The first-order valence-corrected chi connectivity index (χ1v) is 4.62. The first kappa shape index (κ1) is 10.2. The molecule has 0 radical (unpaired) electrons. The van der Waals surface area contributed by atoms with E-state index in [1.807, 2.05) is 44.2 Å². The van der Waals surface area contributed by atoms with E-state index in [1.165, 1.54) is 0 Å². The van der Waals surface area contributed by atoms with Crippen LogP contribution < -0.4 is 0 Å². The Bertz CT molecular complexity index is 233. The molecule has 0 aliphatic rings. The van der Waals surface area contributed by atoms with Crippen LogP contribution in [0.5, 0.6) is 0 Å². The van der Waals surface area contributed by atoms with Crippen LogP contribution in [-0.4, -0.2) is 11.4 Å². The average molecular weight is 180 g/mol. The predicted molar refractivity (Wildman–Crippen MR) is 52.2 cm³/mol. The summed E-state index contributed by atoms with van der Waals surface area (Å²) in [5, 5.41) is 9.27. The molecule has 0 saturated carbocycles. The minimum absolute atomic E-state index is 0.0452. The molecule has 1 N–H and O–H groups in total. The maximum atomic E-state index is 9.27. The molecule has 2 nitrogen and oxygen atoms in total. The number of hydrogen-bond acceptors (Lipinski definition) is 2. The fourth-order valence-corrected chi connectivity index (χ4v) is 1.13. The molecule has 0 bridgehead atoms. The van der Waals surface area contributed by atoms with Crippen LogP contribution in [0.15, 0.2) is 30.3 Å². The van der Waals surface area contributed by atoms with Gasteiger partial charge in [-0.25, -0.2) is 0 Å². The summed E-state index contributed by atoms with van der Waals surface area (Å²) in [6.45, 7) is 3.83. The molecule has 2 unspecified atom stereocenters. The van der Waals surface area contributed by atoms with Crippen molar-refractivity contribution in [3.05, 3.63) is 35.9 Å². The lowest BCUT2D eigenvalue weighted by molar-refractivity contribution is -0.133. The van der Waals surface area contributed by atoms with Crippen molar-refractivity contribution in [3.63, 3.8) is 0 Å². The number of aliphatic hydroxyl groups is 1. The Morgan fingerprint density at radius 1 is 1.31 bits per heavy atom. The van der Waals surface area contributed by atoms with E-state index in [0.717, 1.165) is 5.56 Å². The quantitative estimate of drug-likeness (QED) is 0.721. The Hall–Kier alpha value is -0.860. The van der Waals surface area contributed by atoms with E-state index < -0.39 is 6.29 Å². The van der Waals surface area contributed by atoms with Crippen LogP contribution in [-0.2, 0) is 4.74 Å². The van der Waals surface area contributed by atoms with Gasteiger partial charge in [0.25, 0.3) is 0 Å². The molecule has 1 aromatic rings. The standard InChI is InChI=1S/C11H16O2/c1-3-11(12)13-9(2)10-7-5-4-6-8-10/h4-9,11-12H,3H2,1-2H3. The van der Waals surface area contributed by atoms with E-state index in [9.17, 15) is 5.11 Å². The summed E-state index contributed by atoms with van der Waals surface area (Å²) >= 11 is 0. The molecule has 0 aromatic heterocycles. The third-order valence-electron chi connectivity index (χ3n) is 1.98. The number of ether oxygens (including phenoxy) is 1. The number of hydrogen-bond donors (Lipinski definition) is 1. The molecule has 0 saturated heterocycles. The van der Waals surface area contributed by atoms with E-state index >= 15 is 0 Å². The molecule has 1 aromatic carbocycles. The van der Waals surface area contributed by atoms with Gasteiger partial charge in [0.2, 0.25) is 0 Å². The summed E-state index contributed by atoms with van der Waals surface area (Å²) in [4.78, 5) is 0. The maximum Gasteiger partial charge on any atom is 0.155 e. The summed E-state index contributed by atoms with van der Waals surface area (Å²) in [5.41, 5.74) is 1.09. The van der Waals surface area contributed by atoms with Gasteiger partial charge >= 0.3 is 0 Å². The van der Waals surface area contributed by atoms with Crippen molar-refractivity contribution in [3.8, 4) is 0 Å². The average Bonchev–Trinajstić information content (AvgIpc) is 2.19. The summed E-state index contributed by atoms with van der Waals surface area (Å²) in [5.74, 6) is 0. The second-order valence-electron chi connectivity index (χ2n) is 3.05. The van der Waals surface area contributed by atoms with E-state index in [-0.39, 0.29) is 6.10 Å². The normalized spacial score (nSPS) is 15.3. The van der Waals surface area contributed by atoms with Gasteiger partial charge in [-0.15, -0.1) is 0 Å². The van der Waals surface area contributed by atoms with Gasteiger partial charge in [-0.05, 0) is 18.9 Å². The molecule has 1 rings (SSSR count). The number of benzene rings is 1. The van der Waals surface area contributed by atoms with Crippen molar-refractivity contribution in [2.75, 3.05) is 0 Å². The molecular formula is C11H16O2. The zero-order valence-corrected chi connectivity index (χ0v) is 8.10. The largest absolute Gasteiger partial charge is 0.368 e. The van der Waals surface area contributed by atoms with Gasteiger partial charge in [0.05, 0.1) is 6.10 Å². The molecule has 0 aliphatic heterocycles. The van der Waals surface area contributed by atoms with Gasteiger partial charge in [0.15, 0.2) is 6.29 Å². The van der Waals surface area contributed by atoms with Crippen LogP contribution in [0, 0.1) is 0 Å². The number of rotatable bonds is 4. The first-order chi connectivity index (χ1) is 6.24. The summed E-state index contributed by atoms with van der Waals surface area (Å²) in [7, 11) is 0. The van der Waals surface area contributed by atoms with Crippen LogP contribution in [0.1, 0.15) is 31.9 Å². The van der Waals surface area contributed by atoms with Crippen molar-refractivity contribution in [1.29, 1.82) is 0 Å². The molecular weight excluding hydrogens is 164 g/mol. The Morgan fingerprint density at radius 3 is 2.46 bits per heavy atom. The molecule has 0 amide bonds. The van der Waals surface area contributed by atoms with Crippen molar-refractivity contribution in [2.45, 2.75) is 32.7 Å². The topological polar surface area (TPSA) is 29.5 Å². The first-order valence-electron chi connectivity index (χ1n) is 4.62. The molecule has 13 heavy (non-hydrogen) atoms. The van der Waals surface area contributed by atoms with Crippen molar-refractivity contribution in [1.82, 2.24) is 0 Å². The summed E-state index contributed by atoms with van der Waals surface area (Å²) < 4.78 is 5.34. The van der Waals surface area contributed by atoms with Crippen LogP contribution in [0.2, 0.25) is 0 Å². The molecule has 0 aliphatic carbocycles. The third kappa shape index (κ3) is 3.17. The highest BCUT2D eigenvalue weighted by atomic mass is 16.6. The summed E-state index contributed by atoms with van der Waals surface area (Å²) in [6, 6.07) is 9.88. The smallest absolute Gasteiger partial charge is 0.155 e. The Kier molecular flexibility index (Phi) is 3.93. The monoisotopic (exact) mass is 180 g/mol. The SMILES string of the molecule is CCC(O)OC(C)c1ccccc1. The molecule has 0 heterocycles. The van der Waals surface area contributed by atoms with Crippen molar-refractivity contribution >= 4 is 0 Å². The minimum Gasteiger partial charge on any atom is -0.368 e. The summed E-state index contributed by atoms with van der Waals surface area (Å²) in [6.07, 6.45) is -0.0803. The third-order valence-corrected chi connectivity index (χ3v) is 1.98. The predicted octanol–water partition coefficient (Wildman–Crippen LogP) is 2.49. The highest BCUT2D eigenvalue weighted by Crippen LogP contribution is 2.17. The molecule has 2 heteroatoms. The lowest BCUT2D eigenvalue weighted by Crippen LogP contribution is -2.13. The number of aliphatic hydroxyl groups excluding tert-OH is 1. The lowest BCUT2D eigenvalue weighted by atomic mass is 10.1. The Labute approximate surface area is 79.2 Å². The van der Waals surface area contributed by atoms with Gasteiger partial charge in [-0.1, -0.05) is 37.3 Å². The molecule has 2 atom stereocenters. The van der Waals surface area contributed by atoms with E-state index in [0.29, 0.717) is 6.42 Å². The van der Waals surface area contributed by atoms with Gasteiger partial charge in [-0.3, -0.25) is 0 Å². The van der Waals surface area contributed by atoms with Gasteiger partial charge in [0.1, 0.15) is 0 Å². The maximum absolute atomic E-state index is 9.27. The van der Waals surface area contributed by atoms with Crippen LogP contribution in [0.3, 0.4) is 0 Å².